The molecule has 0 amide bonds. The molecule has 0 spiro atoms. The zero-order chi connectivity index (χ0) is 16.8. The number of aliphatic hydroxyl groups excluding tert-OH is 1. The zero-order valence-corrected chi connectivity index (χ0v) is 14.9. The summed E-state index contributed by atoms with van der Waals surface area (Å²) < 4.78 is 12.2. The first-order valence-corrected chi connectivity index (χ1v) is 8.54. The van der Waals surface area contributed by atoms with Crippen molar-refractivity contribution >= 4 is 12.6 Å². The summed E-state index contributed by atoms with van der Waals surface area (Å²) in [6, 6.07) is 8.89. The lowest BCUT2D eigenvalue weighted by Gasteiger charge is -2.32. The molecule has 1 aromatic rings. The minimum atomic E-state index is -0.308. The van der Waals surface area contributed by atoms with Gasteiger partial charge in [-0.1, -0.05) is 24.3 Å². The zero-order valence-electron chi connectivity index (χ0n) is 14.9. The van der Waals surface area contributed by atoms with Gasteiger partial charge in [0.15, 0.2) is 0 Å². The summed E-state index contributed by atoms with van der Waals surface area (Å²) in [4.78, 5) is 2.33. The Hall–Kier alpha value is -0.875. The molecule has 126 valence electrons. The first kappa shape index (κ1) is 17.0. The molecule has 0 aliphatic carbocycles. The number of β-amino-alcohol motifs (C(OH)–C–C–N with tert-alkyl or cyclic N) is 1. The maximum absolute atomic E-state index is 9.76. The van der Waals surface area contributed by atoms with Crippen LogP contribution in [0.1, 0.15) is 46.6 Å². The molecule has 0 bridgehead atoms. The van der Waals surface area contributed by atoms with Crippen molar-refractivity contribution in [2.75, 3.05) is 6.54 Å². The summed E-state index contributed by atoms with van der Waals surface area (Å²) in [5.74, 6) is 0. The van der Waals surface area contributed by atoms with Gasteiger partial charge in [-0.05, 0) is 52.1 Å². The average molecular weight is 317 g/mol. The molecule has 0 aromatic heterocycles. The molecule has 2 aliphatic rings. The highest BCUT2D eigenvalue weighted by molar-refractivity contribution is 6.62. The van der Waals surface area contributed by atoms with E-state index in [0.717, 1.165) is 25.0 Å². The first-order chi connectivity index (χ1) is 10.7. The molecule has 4 nitrogen and oxygen atoms in total. The average Bonchev–Trinajstić information content (AvgIpc) is 2.86. The Morgan fingerprint density at radius 1 is 1.13 bits per heavy atom. The molecule has 2 aliphatic heterocycles. The first-order valence-electron chi connectivity index (χ1n) is 8.54. The summed E-state index contributed by atoms with van der Waals surface area (Å²) in [6.07, 6.45) is 0.681. The second-order valence-corrected chi connectivity index (χ2v) is 8.00. The highest BCUT2D eigenvalue weighted by Crippen LogP contribution is 2.36. The molecule has 5 heteroatoms. The maximum atomic E-state index is 9.76. The maximum Gasteiger partial charge on any atom is 0.494 e. The van der Waals surface area contributed by atoms with Crippen LogP contribution in [0.3, 0.4) is 0 Å². The van der Waals surface area contributed by atoms with Gasteiger partial charge in [0, 0.05) is 19.1 Å². The van der Waals surface area contributed by atoms with Crippen LogP contribution in [0.15, 0.2) is 24.3 Å². The van der Waals surface area contributed by atoms with E-state index in [0.29, 0.717) is 6.04 Å². The van der Waals surface area contributed by atoms with Gasteiger partial charge in [0.2, 0.25) is 0 Å². The second kappa shape index (κ2) is 5.89. The summed E-state index contributed by atoms with van der Waals surface area (Å²) in [5, 5.41) is 9.76. The Bertz CT molecular complexity index is 542. The predicted octanol–water partition coefficient (Wildman–Crippen LogP) is 1.94. The van der Waals surface area contributed by atoms with Crippen molar-refractivity contribution in [3.63, 3.8) is 0 Å². The van der Waals surface area contributed by atoms with E-state index in [-0.39, 0.29) is 24.4 Å². The number of benzene rings is 1. The topological polar surface area (TPSA) is 41.9 Å². The molecule has 23 heavy (non-hydrogen) atoms. The smallest absolute Gasteiger partial charge is 0.399 e. The minimum Gasteiger partial charge on any atom is -0.399 e. The standard InChI is InChI=1S/C18H28BNO3/c1-13-10-16(21)12-20(13)11-14-6-8-15(9-7-14)19-22-17(2,3)18(4,5)23-19/h6-9,13,16,21H,10-12H2,1-5H3. The molecule has 2 fully saturated rings. The third-order valence-electron chi connectivity index (χ3n) is 5.57. The Morgan fingerprint density at radius 3 is 2.17 bits per heavy atom. The van der Waals surface area contributed by atoms with Crippen LogP contribution in [0.2, 0.25) is 0 Å². The van der Waals surface area contributed by atoms with E-state index in [1.807, 2.05) is 0 Å². The van der Waals surface area contributed by atoms with Gasteiger partial charge >= 0.3 is 7.12 Å². The van der Waals surface area contributed by atoms with Crippen molar-refractivity contribution in [3.8, 4) is 0 Å². The largest absolute Gasteiger partial charge is 0.494 e. The van der Waals surface area contributed by atoms with Crippen LogP contribution in [0.5, 0.6) is 0 Å². The number of nitrogens with zero attached hydrogens (tertiary/aromatic N) is 1. The molecular weight excluding hydrogens is 289 g/mol. The fraction of sp³-hybridized carbons (Fsp3) is 0.667. The lowest BCUT2D eigenvalue weighted by atomic mass is 9.79. The fourth-order valence-corrected chi connectivity index (χ4v) is 3.28. The Labute approximate surface area is 139 Å². The molecule has 2 saturated heterocycles. The monoisotopic (exact) mass is 317 g/mol. The number of likely N-dealkylation sites (tertiary alicyclic amines) is 1. The molecular formula is C18H28BNO3. The molecule has 1 N–H and O–H groups in total. The van der Waals surface area contributed by atoms with E-state index in [1.54, 1.807) is 0 Å². The van der Waals surface area contributed by atoms with Gasteiger partial charge in [-0.15, -0.1) is 0 Å². The van der Waals surface area contributed by atoms with Crippen molar-refractivity contribution < 1.29 is 14.4 Å². The van der Waals surface area contributed by atoms with E-state index in [1.165, 1.54) is 5.56 Å². The molecule has 0 saturated carbocycles. The number of hydrogen-bond donors (Lipinski definition) is 1. The summed E-state index contributed by atoms with van der Waals surface area (Å²) in [6.45, 7) is 12.1. The van der Waals surface area contributed by atoms with Gasteiger partial charge < -0.3 is 14.4 Å². The summed E-state index contributed by atoms with van der Waals surface area (Å²) in [5.41, 5.74) is 1.70. The fourth-order valence-electron chi connectivity index (χ4n) is 3.28. The third kappa shape index (κ3) is 3.34. The number of rotatable bonds is 3. The van der Waals surface area contributed by atoms with Crippen LogP contribution < -0.4 is 5.46 Å². The van der Waals surface area contributed by atoms with Crippen molar-refractivity contribution in [1.82, 2.24) is 4.90 Å². The Balaban J connectivity index is 1.66. The number of aliphatic hydroxyl groups is 1. The van der Waals surface area contributed by atoms with Crippen molar-refractivity contribution in [2.45, 2.75) is 70.9 Å². The van der Waals surface area contributed by atoms with E-state index in [4.69, 9.17) is 9.31 Å². The van der Waals surface area contributed by atoms with Gasteiger partial charge in [-0.25, -0.2) is 0 Å². The van der Waals surface area contributed by atoms with Gasteiger partial charge in [0.05, 0.1) is 17.3 Å². The molecule has 3 rings (SSSR count). The van der Waals surface area contributed by atoms with Gasteiger partial charge in [0.25, 0.3) is 0 Å². The molecule has 2 unspecified atom stereocenters. The molecule has 1 aromatic carbocycles. The van der Waals surface area contributed by atoms with E-state index < -0.39 is 0 Å². The van der Waals surface area contributed by atoms with Crippen LogP contribution >= 0.6 is 0 Å². The quantitative estimate of drug-likeness (QED) is 0.865. The molecule has 0 radical (unpaired) electrons. The van der Waals surface area contributed by atoms with Crippen molar-refractivity contribution in [1.29, 1.82) is 0 Å². The van der Waals surface area contributed by atoms with Crippen LogP contribution in [0, 0.1) is 0 Å². The highest BCUT2D eigenvalue weighted by Gasteiger charge is 2.51. The third-order valence-corrected chi connectivity index (χ3v) is 5.57. The lowest BCUT2D eigenvalue weighted by Crippen LogP contribution is -2.41. The van der Waals surface area contributed by atoms with E-state index in [2.05, 4.69) is 63.8 Å². The van der Waals surface area contributed by atoms with Crippen LogP contribution in [-0.2, 0) is 15.9 Å². The van der Waals surface area contributed by atoms with Gasteiger partial charge in [0.1, 0.15) is 0 Å². The SMILES string of the molecule is CC1CC(O)CN1Cc1ccc(B2OC(C)(C)C(C)(C)O2)cc1. The summed E-state index contributed by atoms with van der Waals surface area (Å²) in [7, 11) is -0.304. The number of hydrogen-bond acceptors (Lipinski definition) is 4. The summed E-state index contributed by atoms with van der Waals surface area (Å²) >= 11 is 0. The second-order valence-electron chi connectivity index (χ2n) is 8.00. The van der Waals surface area contributed by atoms with Crippen molar-refractivity contribution in [2.24, 2.45) is 0 Å². The van der Waals surface area contributed by atoms with Crippen LogP contribution in [-0.4, -0.2) is 47.0 Å². The Kier molecular flexibility index (Phi) is 4.34. The van der Waals surface area contributed by atoms with Crippen LogP contribution in [0.25, 0.3) is 0 Å². The minimum absolute atomic E-state index is 0.186. The van der Waals surface area contributed by atoms with Gasteiger partial charge in [-0.2, -0.15) is 0 Å². The van der Waals surface area contributed by atoms with Gasteiger partial charge in [-0.3, -0.25) is 4.90 Å². The lowest BCUT2D eigenvalue weighted by molar-refractivity contribution is 0.00578. The van der Waals surface area contributed by atoms with E-state index in [9.17, 15) is 5.11 Å². The van der Waals surface area contributed by atoms with Crippen molar-refractivity contribution in [3.05, 3.63) is 29.8 Å². The predicted molar refractivity (Wildman–Crippen MR) is 92.7 cm³/mol. The Morgan fingerprint density at radius 2 is 1.70 bits per heavy atom. The highest BCUT2D eigenvalue weighted by atomic mass is 16.7. The normalized spacial score (nSPS) is 30.1. The van der Waals surface area contributed by atoms with E-state index >= 15 is 0 Å². The molecule has 2 heterocycles. The molecule has 2 atom stereocenters. The van der Waals surface area contributed by atoms with Crippen LogP contribution in [0.4, 0.5) is 0 Å².